The van der Waals surface area contributed by atoms with E-state index < -0.39 is 115 Å². The van der Waals surface area contributed by atoms with Crippen LogP contribution in [0.2, 0.25) is 0 Å². The van der Waals surface area contributed by atoms with Gasteiger partial charge in [-0.05, 0) is 29.9 Å². The number of esters is 1. The Morgan fingerprint density at radius 2 is 1.36 bits per heavy atom. The van der Waals surface area contributed by atoms with E-state index >= 15 is 0 Å². The minimum Gasteiger partial charge on any atom is -0.481 e. The maximum atomic E-state index is 14.6. The lowest BCUT2D eigenvalue weighted by Crippen LogP contribution is -2.59. The van der Waals surface area contributed by atoms with Crippen molar-refractivity contribution < 1.29 is 67.6 Å². The van der Waals surface area contributed by atoms with Crippen LogP contribution in [-0.2, 0) is 65.8 Å². The number of ether oxygens (including phenoxy) is 3. The molecule has 2 aromatic rings. The topological polar surface area (TPSA) is 276 Å². The highest BCUT2D eigenvalue weighted by Gasteiger charge is 2.45. The van der Waals surface area contributed by atoms with Crippen LogP contribution in [0.1, 0.15) is 84.8 Å². The third kappa shape index (κ3) is 16.3. The number of amides is 6. The van der Waals surface area contributed by atoms with Gasteiger partial charge in [-0.3, -0.25) is 39.0 Å². The Kier molecular flexibility index (Phi) is 20.6. The van der Waals surface area contributed by atoms with Gasteiger partial charge in [-0.2, -0.15) is 0 Å². The summed E-state index contributed by atoms with van der Waals surface area (Å²) >= 11 is 0. The number of carboxylic acid groups (broad SMARTS) is 2. The van der Waals surface area contributed by atoms with Crippen molar-refractivity contribution in [3.8, 4) is 0 Å². The normalized spacial score (nSPS) is 16.8. The van der Waals surface area contributed by atoms with Crippen LogP contribution >= 0.6 is 0 Å². The van der Waals surface area contributed by atoms with Crippen molar-refractivity contribution in [2.75, 3.05) is 13.1 Å². The first-order chi connectivity index (χ1) is 30.3. The molecule has 0 bridgehead atoms. The van der Waals surface area contributed by atoms with Crippen LogP contribution in [0.25, 0.3) is 0 Å². The molecule has 350 valence electrons. The van der Waals surface area contributed by atoms with Crippen LogP contribution in [0, 0.1) is 11.8 Å². The number of aliphatic carboxylic acids is 2. The maximum Gasteiger partial charge on any atom is 0.429 e. The standard InChI is InChI=1S/C44H60N6O14/c1-7-19-50(44(61)63-25-30-17-13-10-14-18-30)48-40(57)34-20-31(62-24-29-15-11-9-12-16-29)23-49(34)42(59)37(26(3)4)47-41(58)38(27(5)8-2)64-43(60)33(22-36(54)55)46-39(56)32(21-35(52)53)45-28(6)51/h9-18,26-27,31-34,37-38H,7-8,19-25H2,1-6H3,(H,45,51)(H,46,56)(H,47,58)(H,48,57)(H,52,53)(H,54,55)/t27-,31-,32+,33-,34-,37+,38+/m1/s1. The summed E-state index contributed by atoms with van der Waals surface area (Å²) in [5.74, 6) is -10.00. The lowest BCUT2D eigenvalue weighted by molar-refractivity contribution is -0.164. The SMILES string of the molecule is CCCN(NC(=O)[C@H]1C[C@@H](OCc2ccccc2)CN1C(=O)[C@@H](NC(=O)[C@@H](OC(=O)[C@@H](CC(=O)O)NC(=O)[C@H](CC(=O)O)NC(C)=O)[C@H](C)CC)C(C)C)C(=O)OCc1ccccc1. The van der Waals surface area contributed by atoms with E-state index in [0.29, 0.717) is 6.42 Å². The van der Waals surface area contributed by atoms with Gasteiger partial charge in [0, 0.05) is 32.4 Å². The highest BCUT2D eigenvalue weighted by molar-refractivity contribution is 5.96. The van der Waals surface area contributed by atoms with Crippen LogP contribution in [0.15, 0.2) is 60.7 Å². The Bertz CT molecular complexity index is 1920. The minimum absolute atomic E-state index is 0.0290. The molecule has 0 aliphatic carbocycles. The molecule has 64 heavy (non-hydrogen) atoms. The fourth-order valence-electron chi connectivity index (χ4n) is 6.67. The van der Waals surface area contributed by atoms with Crippen LogP contribution in [-0.4, -0.2) is 123 Å². The van der Waals surface area contributed by atoms with Crippen molar-refractivity contribution in [3.05, 3.63) is 71.8 Å². The molecule has 1 aliphatic rings. The summed E-state index contributed by atoms with van der Waals surface area (Å²) in [6, 6.07) is 12.1. The molecule has 0 unspecified atom stereocenters. The quantitative estimate of drug-likeness (QED) is 0.0690. The van der Waals surface area contributed by atoms with Crippen molar-refractivity contribution in [1.82, 2.24) is 31.3 Å². The second-order valence-electron chi connectivity index (χ2n) is 15.8. The van der Waals surface area contributed by atoms with Crippen molar-refractivity contribution >= 4 is 53.5 Å². The number of carbonyl (C=O) groups is 9. The summed E-state index contributed by atoms with van der Waals surface area (Å²) < 4.78 is 17.2. The zero-order valence-corrected chi connectivity index (χ0v) is 36.9. The Labute approximate surface area is 371 Å². The van der Waals surface area contributed by atoms with Crippen LogP contribution < -0.4 is 21.4 Å². The van der Waals surface area contributed by atoms with Gasteiger partial charge in [0.1, 0.15) is 30.8 Å². The molecule has 0 saturated carbocycles. The van der Waals surface area contributed by atoms with E-state index in [9.17, 15) is 53.4 Å². The number of nitrogens with zero attached hydrogens (tertiary/aromatic N) is 2. The molecule has 3 rings (SSSR count). The summed E-state index contributed by atoms with van der Waals surface area (Å²) in [6.45, 7) is 9.50. The largest absolute Gasteiger partial charge is 0.481 e. The number of hydrogen-bond acceptors (Lipinski definition) is 12. The van der Waals surface area contributed by atoms with Crippen LogP contribution in [0.3, 0.4) is 0 Å². The molecule has 2 aromatic carbocycles. The summed E-state index contributed by atoms with van der Waals surface area (Å²) in [5.41, 5.74) is 4.19. The third-order valence-electron chi connectivity index (χ3n) is 10.2. The number of benzene rings is 2. The molecule has 20 nitrogen and oxygen atoms in total. The predicted octanol–water partition coefficient (Wildman–Crippen LogP) is 2.29. The zero-order chi connectivity index (χ0) is 47.5. The minimum atomic E-state index is -1.92. The van der Waals surface area contributed by atoms with Gasteiger partial charge >= 0.3 is 24.0 Å². The molecular formula is C44H60N6O14. The monoisotopic (exact) mass is 896 g/mol. The maximum absolute atomic E-state index is 14.6. The number of hydrazine groups is 1. The Morgan fingerprint density at radius 1 is 0.781 bits per heavy atom. The van der Waals surface area contributed by atoms with E-state index in [4.69, 9.17) is 14.2 Å². The first-order valence-electron chi connectivity index (χ1n) is 21.1. The van der Waals surface area contributed by atoms with E-state index in [1.54, 1.807) is 58.9 Å². The number of hydrogen-bond donors (Lipinski definition) is 6. The summed E-state index contributed by atoms with van der Waals surface area (Å²) in [5, 5.41) is 26.7. The number of rotatable bonds is 23. The van der Waals surface area contributed by atoms with Crippen molar-refractivity contribution in [1.29, 1.82) is 0 Å². The van der Waals surface area contributed by atoms with Gasteiger partial charge in [0.15, 0.2) is 6.10 Å². The first-order valence-corrected chi connectivity index (χ1v) is 21.1. The summed E-state index contributed by atoms with van der Waals surface area (Å²) in [7, 11) is 0. The van der Waals surface area contributed by atoms with Crippen molar-refractivity contribution in [3.63, 3.8) is 0 Å². The lowest BCUT2D eigenvalue weighted by atomic mass is 9.98. The third-order valence-corrected chi connectivity index (χ3v) is 10.2. The molecule has 1 saturated heterocycles. The molecule has 6 amide bonds. The second kappa shape index (κ2) is 25.5. The average molecular weight is 897 g/mol. The summed E-state index contributed by atoms with van der Waals surface area (Å²) in [4.78, 5) is 119. The zero-order valence-electron chi connectivity index (χ0n) is 36.9. The van der Waals surface area contributed by atoms with Crippen molar-refractivity contribution in [2.24, 2.45) is 11.8 Å². The van der Waals surface area contributed by atoms with Gasteiger partial charge < -0.3 is 45.3 Å². The lowest BCUT2D eigenvalue weighted by Gasteiger charge is -2.33. The molecule has 0 spiro atoms. The Morgan fingerprint density at radius 3 is 1.89 bits per heavy atom. The average Bonchev–Trinajstić information content (AvgIpc) is 3.69. The predicted molar refractivity (Wildman–Crippen MR) is 227 cm³/mol. The molecule has 1 heterocycles. The number of carbonyl (C=O) groups excluding carboxylic acids is 7. The number of nitrogens with one attached hydrogen (secondary N) is 4. The molecule has 0 radical (unpaired) electrons. The molecule has 7 atom stereocenters. The molecule has 20 heteroatoms. The van der Waals surface area contributed by atoms with Gasteiger partial charge in [0.25, 0.3) is 11.8 Å². The molecule has 1 fully saturated rings. The van der Waals surface area contributed by atoms with E-state index in [1.807, 2.05) is 36.4 Å². The molecule has 6 N–H and O–H groups in total. The molecular weight excluding hydrogens is 837 g/mol. The highest BCUT2D eigenvalue weighted by Crippen LogP contribution is 2.25. The fraction of sp³-hybridized carbons (Fsp3) is 0.523. The Hall–Kier alpha value is -6.57. The smallest absolute Gasteiger partial charge is 0.429 e. The molecule has 0 aromatic heterocycles. The van der Waals surface area contributed by atoms with Gasteiger partial charge in [0.2, 0.25) is 17.7 Å². The number of carboxylic acids is 2. The van der Waals surface area contributed by atoms with Crippen LogP contribution in [0.5, 0.6) is 0 Å². The van der Waals surface area contributed by atoms with E-state index in [2.05, 4.69) is 21.4 Å². The van der Waals surface area contributed by atoms with Gasteiger partial charge in [-0.25, -0.2) is 14.6 Å². The summed E-state index contributed by atoms with van der Waals surface area (Å²) in [6.07, 6.45) is -4.28. The van der Waals surface area contributed by atoms with Gasteiger partial charge in [0.05, 0.1) is 25.6 Å². The van der Waals surface area contributed by atoms with Gasteiger partial charge in [-0.15, -0.1) is 0 Å². The second-order valence-corrected chi connectivity index (χ2v) is 15.8. The van der Waals surface area contributed by atoms with Crippen LogP contribution in [0.4, 0.5) is 4.79 Å². The number of likely N-dealkylation sites (tertiary alicyclic amines) is 1. The molecule has 1 aliphatic heterocycles. The van der Waals surface area contributed by atoms with E-state index in [1.165, 1.54) is 4.90 Å². The van der Waals surface area contributed by atoms with Gasteiger partial charge in [-0.1, -0.05) is 95.3 Å². The first kappa shape index (κ1) is 51.8. The van der Waals surface area contributed by atoms with E-state index in [0.717, 1.165) is 23.1 Å². The van der Waals surface area contributed by atoms with E-state index in [-0.39, 0.29) is 39.1 Å². The van der Waals surface area contributed by atoms with Crippen molar-refractivity contribution in [2.45, 2.75) is 123 Å². The fourth-order valence-corrected chi connectivity index (χ4v) is 6.67. The Balaban J connectivity index is 1.87. The highest BCUT2D eigenvalue weighted by atomic mass is 16.6.